The Hall–Kier alpha value is -0.623. The maximum absolute atomic E-state index is 13.7. The van der Waals surface area contributed by atoms with Crippen molar-refractivity contribution in [1.29, 1.82) is 0 Å². The van der Waals surface area contributed by atoms with Gasteiger partial charge in [-0.05, 0) is 0 Å². The molecule has 0 N–H and O–H groups in total. The van der Waals surface area contributed by atoms with E-state index in [1.165, 1.54) is 18.2 Å². The van der Waals surface area contributed by atoms with Crippen LogP contribution in [0.15, 0.2) is 30.3 Å². The molecule has 0 bridgehead atoms. The molecule has 0 aliphatic carbocycles. The monoisotopic (exact) mass is 302 g/mol. The summed E-state index contributed by atoms with van der Waals surface area (Å²) in [5.74, 6) is -4.27. The molecule has 0 heterocycles. The Morgan fingerprint density at radius 2 is 1.50 bits per heavy atom. The molecule has 0 aromatic heterocycles. The second-order valence-electron chi connectivity index (χ2n) is 4.45. The van der Waals surface area contributed by atoms with Crippen LogP contribution in [0.3, 0.4) is 0 Å². The first-order chi connectivity index (χ1) is 8.01. The first-order valence-electron chi connectivity index (χ1n) is 5.15. The summed E-state index contributed by atoms with van der Waals surface area (Å²) >= 11 is 5.43. The molecule has 0 radical (unpaired) electrons. The molecule has 1 aromatic carbocycles. The fourth-order valence-electron chi connectivity index (χ4n) is 1.34. The molecule has 7 heteroatoms. The standard InChI is InChI=1S/C11H12ClF5Si/c1-18(2,12)11(16,17)9(13)10(14,15)8-6-4-3-5-7-8/h3-7,9H,1-2H3. The molecule has 0 spiro atoms. The molecule has 0 aliphatic heterocycles. The van der Waals surface area contributed by atoms with Crippen molar-refractivity contribution in [2.45, 2.75) is 30.7 Å². The largest absolute Gasteiger partial charge is 0.309 e. The summed E-state index contributed by atoms with van der Waals surface area (Å²) < 4.78 is 68.1. The maximum atomic E-state index is 13.7. The number of hydrogen-bond donors (Lipinski definition) is 0. The minimum Gasteiger partial charge on any atom is -0.234 e. The predicted octanol–water partition coefficient (Wildman–Crippen LogP) is 4.73. The van der Waals surface area contributed by atoms with Gasteiger partial charge in [-0.2, -0.15) is 19.9 Å². The number of alkyl halides is 5. The van der Waals surface area contributed by atoms with Gasteiger partial charge in [0.15, 0.2) is 0 Å². The molecule has 0 fully saturated rings. The summed E-state index contributed by atoms with van der Waals surface area (Å²) in [7, 11) is -3.91. The molecule has 1 atom stereocenters. The Morgan fingerprint density at radius 1 is 1.06 bits per heavy atom. The van der Waals surface area contributed by atoms with Gasteiger partial charge in [0.05, 0.1) is 0 Å². The molecule has 0 nitrogen and oxygen atoms in total. The summed E-state index contributed by atoms with van der Waals surface area (Å²) in [6.07, 6.45) is -3.63. The normalized spacial score (nSPS) is 15.6. The Morgan fingerprint density at radius 3 is 1.89 bits per heavy atom. The second-order valence-corrected chi connectivity index (χ2v) is 10.9. The molecule has 0 saturated heterocycles. The highest BCUT2D eigenvalue weighted by Gasteiger charge is 2.64. The Labute approximate surface area is 107 Å². The van der Waals surface area contributed by atoms with E-state index in [2.05, 4.69) is 0 Å². The van der Waals surface area contributed by atoms with Gasteiger partial charge in [-0.1, -0.05) is 43.4 Å². The van der Waals surface area contributed by atoms with Gasteiger partial charge in [0.2, 0.25) is 13.6 Å². The topological polar surface area (TPSA) is 0 Å². The van der Waals surface area contributed by atoms with E-state index >= 15 is 0 Å². The van der Waals surface area contributed by atoms with Crippen LogP contribution in [-0.2, 0) is 5.92 Å². The van der Waals surface area contributed by atoms with Crippen LogP contribution in [0.2, 0.25) is 13.1 Å². The van der Waals surface area contributed by atoms with Crippen molar-refractivity contribution in [1.82, 2.24) is 0 Å². The van der Waals surface area contributed by atoms with Gasteiger partial charge in [0.1, 0.15) is 0 Å². The molecule has 1 aromatic rings. The average molecular weight is 303 g/mol. The predicted molar refractivity (Wildman–Crippen MR) is 63.5 cm³/mol. The molecule has 1 rings (SSSR count). The Bertz CT molecular complexity index is 402. The van der Waals surface area contributed by atoms with E-state index in [1.807, 2.05) is 0 Å². The Balaban J connectivity index is 3.14. The van der Waals surface area contributed by atoms with E-state index < -0.39 is 30.6 Å². The van der Waals surface area contributed by atoms with Gasteiger partial charge < -0.3 is 0 Å². The Kier molecular flexibility index (Phi) is 4.12. The third-order valence-electron chi connectivity index (χ3n) is 2.59. The molecular weight excluding hydrogens is 291 g/mol. The van der Waals surface area contributed by atoms with Crippen molar-refractivity contribution >= 4 is 18.5 Å². The van der Waals surface area contributed by atoms with E-state index in [0.29, 0.717) is 0 Å². The van der Waals surface area contributed by atoms with Crippen LogP contribution in [0.1, 0.15) is 5.56 Å². The number of benzene rings is 1. The van der Waals surface area contributed by atoms with Crippen molar-refractivity contribution in [2.24, 2.45) is 0 Å². The first kappa shape index (κ1) is 15.4. The zero-order valence-corrected chi connectivity index (χ0v) is 11.5. The third kappa shape index (κ3) is 2.69. The smallest absolute Gasteiger partial charge is 0.234 e. The van der Waals surface area contributed by atoms with Gasteiger partial charge in [0.25, 0.3) is 5.55 Å². The van der Waals surface area contributed by atoms with Gasteiger partial charge >= 0.3 is 5.92 Å². The van der Waals surface area contributed by atoms with Crippen LogP contribution in [0.25, 0.3) is 0 Å². The van der Waals surface area contributed by atoms with Crippen LogP contribution in [0.4, 0.5) is 22.0 Å². The van der Waals surface area contributed by atoms with E-state index in [4.69, 9.17) is 11.1 Å². The highest BCUT2D eigenvalue weighted by atomic mass is 35.6. The molecule has 0 aliphatic rings. The lowest BCUT2D eigenvalue weighted by Crippen LogP contribution is -2.55. The van der Waals surface area contributed by atoms with Gasteiger partial charge in [-0.15, -0.1) is 0 Å². The molecule has 0 saturated carbocycles. The van der Waals surface area contributed by atoms with Gasteiger partial charge in [-0.25, -0.2) is 13.2 Å². The number of halogens is 6. The summed E-state index contributed by atoms with van der Waals surface area (Å²) in [4.78, 5) is 0. The highest BCUT2D eigenvalue weighted by Crippen LogP contribution is 2.45. The second kappa shape index (κ2) is 4.81. The lowest BCUT2D eigenvalue weighted by atomic mass is 10.0. The van der Waals surface area contributed by atoms with Gasteiger partial charge in [-0.3, -0.25) is 0 Å². The van der Waals surface area contributed by atoms with Crippen LogP contribution >= 0.6 is 11.1 Å². The van der Waals surface area contributed by atoms with Crippen LogP contribution in [-0.4, -0.2) is 19.1 Å². The summed E-state index contributed by atoms with van der Waals surface area (Å²) in [6.45, 7) is 1.87. The fourth-order valence-corrected chi connectivity index (χ4v) is 2.41. The van der Waals surface area contributed by atoms with Gasteiger partial charge in [0, 0.05) is 5.56 Å². The first-order valence-corrected chi connectivity index (χ1v) is 9.16. The highest BCUT2D eigenvalue weighted by molar-refractivity contribution is 7.20. The molecule has 1 unspecified atom stereocenters. The van der Waals surface area contributed by atoms with Crippen LogP contribution in [0.5, 0.6) is 0 Å². The van der Waals surface area contributed by atoms with Crippen LogP contribution in [0, 0.1) is 0 Å². The SMILES string of the molecule is C[Si](C)(Cl)C(F)(F)C(F)C(F)(F)c1ccccc1. The molecular formula is C11H12ClF5Si. The quantitative estimate of drug-likeness (QED) is 0.428. The number of rotatable bonds is 4. The fraction of sp³-hybridized carbons (Fsp3) is 0.455. The summed E-state index contributed by atoms with van der Waals surface area (Å²) in [6, 6.07) is 5.72. The molecule has 0 amide bonds. The van der Waals surface area contributed by atoms with Crippen molar-refractivity contribution in [3.63, 3.8) is 0 Å². The van der Waals surface area contributed by atoms with Crippen molar-refractivity contribution in [3.8, 4) is 0 Å². The summed E-state index contributed by atoms with van der Waals surface area (Å²) in [5, 5.41) is 0. The van der Waals surface area contributed by atoms with E-state index in [-0.39, 0.29) is 0 Å². The van der Waals surface area contributed by atoms with Crippen molar-refractivity contribution < 1.29 is 22.0 Å². The van der Waals surface area contributed by atoms with E-state index in [9.17, 15) is 22.0 Å². The zero-order valence-electron chi connectivity index (χ0n) is 9.73. The van der Waals surface area contributed by atoms with E-state index in [0.717, 1.165) is 25.2 Å². The average Bonchev–Trinajstić information content (AvgIpc) is 2.27. The number of hydrogen-bond acceptors (Lipinski definition) is 0. The summed E-state index contributed by atoms with van der Waals surface area (Å²) in [5.41, 5.74) is -5.01. The lowest BCUT2D eigenvalue weighted by Gasteiger charge is -2.33. The maximum Gasteiger partial charge on any atom is 0.309 e. The minimum atomic E-state index is -4.27. The zero-order chi connectivity index (χ0) is 14.2. The molecule has 18 heavy (non-hydrogen) atoms. The van der Waals surface area contributed by atoms with E-state index in [1.54, 1.807) is 0 Å². The minimum absolute atomic E-state index is 0.785. The van der Waals surface area contributed by atoms with Crippen molar-refractivity contribution in [3.05, 3.63) is 35.9 Å². The van der Waals surface area contributed by atoms with Crippen LogP contribution < -0.4 is 0 Å². The van der Waals surface area contributed by atoms with Crippen molar-refractivity contribution in [2.75, 3.05) is 0 Å². The lowest BCUT2D eigenvalue weighted by molar-refractivity contribution is -0.154. The molecule has 102 valence electrons. The third-order valence-corrected chi connectivity index (χ3v) is 5.18.